The van der Waals surface area contributed by atoms with Crippen LogP contribution in [0.1, 0.15) is 23.6 Å². The Morgan fingerprint density at radius 2 is 2.21 bits per heavy atom. The van der Waals surface area contributed by atoms with Crippen molar-refractivity contribution in [1.29, 1.82) is 0 Å². The number of benzene rings is 1. The summed E-state index contributed by atoms with van der Waals surface area (Å²) in [5.41, 5.74) is 8.96. The number of ether oxygens (including phenoxy) is 1. The zero-order valence-corrected chi connectivity index (χ0v) is 8.84. The Morgan fingerprint density at radius 3 is 2.71 bits per heavy atom. The highest BCUT2D eigenvalue weighted by Crippen LogP contribution is 2.17. The van der Waals surface area contributed by atoms with Gasteiger partial charge in [0.25, 0.3) is 0 Å². The Morgan fingerprint density at radius 1 is 1.50 bits per heavy atom. The minimum atomic E-state index is 0.577. The highest BCUT2D eigenvalue weighted by molar-refractivity contribution is 5.58. The Bertz CT molecular complexity index is 331. The molecule has 2 nitrogen and oxygen atoms in total. The Hall–Kier alpha value is -1.28. The van der Waals surface area contributed by atoms with Crippen LogP contribution < -0.4 is 5.73 Å². The highest BCUT2D eigenvalue weighted by Gasteiger charge is 2.02. The molecule has 14 heavy (non-hydrogen) atoms. The molecule has 1 aromatic rings. The van der Waals surface area contributed by atoms with Crippen LogP contribution in [0.2, 0.25) is 0 Å². The lowest BCUT2D eigenvalue weighted by Crippen LogP contribution is -2.00. The number of aryl methyl sites for hydroxylation is 1. The molecule has 0 unspecified atom stereocenters. The van der Waals surface area contributed by atoms with Gasteiger partial charge in [0, 0.05) is 12.1 Å². The molecule has 1 aromatic carbocycles. The van der Waals surface area contributed by atoms with E-state index in [0.29, 0.717) is 13.2 Å². The number of rotatable bonds is 4. The van der Waals surface area contributed by atoms with Gasteiger partial charge in [-0.15, -0.1) is 0 Å². The van der Waals surface area contributed by atoms with Crippen molar-refractivity contribution in [2.45, 2.75) is 20.4 Å². The molecule has 76 valence electrons. The van der Waals surface area contributed by atoms with Gasteiger partial charge in [0.1, 0.15) is 5.76 Å². The van der Waals surface area contributed by atoms with Gasteiger partial charge >= 0.3 is 0 Å². The third-order valence-electron chi connectivity index (χ3n) is 2.20. The maximum atomic E-state index is 5.58. The topological polar surface area (TPSA) is 35.2 Å². The van der Waals surface area contributed by atoms with Crippen molar-refractivity contribution in [2.24, 2.45) is 5.73 Å². The van der Waals surface area contributed by atoms with Crippen molar-refractivity contribution in [3.8, 4) is 0 Å². The number of hydrogen-bond donors (Lipinski definition) is 1. The predicted molar refractivity (Wildman–Crippen MR) is 59.7 cm³/mol. The molecule has 0 atom stereocenters. The lowest BCUT2D eigenvalue weighted by molar-refractivity contribution is 0.299. The summed E-state index contributed by atoms with van der Waals surface area (Å²) in [6.07, 6.45) is 0. The minimum absolute atomic E-state index is 0.577. The van der Waals surface area contributed by atoms with Gasteiger partial charge < -0.3 is 10.5 Å². The van der Waals surface area contributed by atoms with E-state index in [-0.39, 0.29) is 0 Å². The van der Waals surface area contributed by atoms with Gasteiger partial charge in [0.2, 0.25) is 0 Å². The summed E-state index contributed by atoms with van der Waals surface area (Å²) in [4.78, 5) is 0. The monoisotopic (exact) mass is 191 g/mol. The standard InChI is InChI=1S/C12H17NO/c1-4-14-10(3)11-5-6-12(8-13)9(2)7-11/h5-7H,3-4,8,13H2,1-2H3. The van der Waals surface area contributed by atoms with Crippen molar-refractivity contribution in [2.75, 3.05) is 6.61 Å². The van der Waals surface area contributed by atoms with Gasteiger partial charge in [-0.25, -0.2) is 0 Å². The molecule has 0 saturated carbocycles. The second-order valence-electron chi connectivity index (χ2n) is 3.20. The molecule has 2 N–H and O–H groups in total. The largest absolute Gasteiger partial charge is 0.494 e. The van der Waals surface area contributed by atoms with Gasteiger partial charge in [-0.1, -0.05) is 18.7 Å². The van der Waals surface area contributed by atoms with Crippen LogP contribution in [0.3, 0.4) is 0 Å². The molecule has 0 saturated heterocycles. The Balaban J connectivity index is 2.91. The van der Waals surface area contributed by atoms with E-state index in [1.165, 1.54) is 5.56 Å². The molecule has 2 heteroatoms. The summed E-state index contributed by atoms with van der Waals surface area (Å²) in [6, 6.07) is 6.07. The normalized spacial score (nSPS) is 9.93. The molecule has 0 spiro atoms. The van der Waals surface area contributed by atoms with Gasteiger partial charge in [-0.3, -0.25) is 0 Å². The maximum Gasteiger partial charge on any atom is 0.119 e. The van der Waals surface area contributed by atoms with Crippen LogP contribution in [-0.4, -0.2) is 6.61 Å². The van der Waals surface area contributed by atoms with Crippen LogP contribution in [0.15, 0.2) is 24.8 Å². The SMILES string of the molecule is C=C(OCC)c1ccc(CN)c(C)c1. The summed E-state index contributed by atoms with van der Waals surface area (Å²) in [6.45, 7) is 9.08. The van der Waals surface area contributed by atoms with Crippen LogP contribution >= 0.6 is 0 Å². The zero-order valence-electron chi connectivity index (χ0n) is 8.84. The van der Waals surface area contributed by atoms with Crippen LogP contribution in [0.25, 0.3) is 5.76 Å². The number of hydrogen-bond acceptors (Lipinski definition) is 2. The molecule has 0 aliphatic rings. The van der Waals surface area contributed by atoms with E-state index in [0.717, 1.165) is 16.9 Å². The minimum Gasteiger partial charge on any atom is -0.494 e. The van der Waals surface area contributed by atoms with Crippen LogP contribution in [0.4, 0.5) is 0 Å². The van der Waals surface area contributed by atoms with E-state index in [1.807, 2.05) is 26.0 Å². The van der Waals surface area contributed by atoms with E-state index in [4.69, 9.17) is 10.5 Å². The summed E-state index contributed by atoms with van der Waals surface area (Å²) < 4.78 is 5.33. The van der Waals surface area contributed by atoms with Gasteiger partial charge in [-0.2, -0.15) is 0 Å². The molecular formula is C12H17NO. The molecule has 0 fully saturated rings. The summed E-state index contributed by atoms with van der Waals surface area (Å²) in [7, 11) is 0. The van der Waals surface area contributed by atoms with Gasteiger partial charge in [0.15, 0.2) is 0 Å². The second kappa shape index (κ2) is 4.82. The average Bonchev–Trinajstić information content (AvgIpc) is 2.18. The molecule has 0 bridgehead atoms. The Kier molecular flexibility index (Phi) is 3.72. The van der Waals surface area contributed by atoms with Crippen LogP contribution in [-0.2, 0) is 11.3 Å². The zero-order chi connectivity index (χ0) is 10.6. The lowest BCUT2D eigenvalue weighted by atomic mass is 10.0. The summed E-state index contributed by atoms with van der Waals surface area (Å²) >= 11 is 0. The smallest absolute Gasteiger partial charge is 0.119 e. The second-order valence-corrected chi connectivity index (χ2v) is 3.20. The van der Waals surface area contributed by atoms with Gasteiger partial charge in [0.05, 0.1) is 6.61 Å². The van der Waals surface area contributed by atoms with E-state index in [1.54, 1.807) is 0 Å². The number of nitrogens with two attached hydrogens (primary N) is 1. The van der Waals surface area contributed by atoms with Crippen LogP contribution in [0, 0.1) is 6.92 Å². The molecule has 0 aliphatic heterocycles. The third kappa shape index (κ3) is 2.36. The van der Waals surface area contributed by atoms with Crippen molar-refractivity contribution in [3.05, 3.63) is 41.5 Å². The summed E-state index contributed by atoms with van der Waals surface area (Å²) in [5, 5.41) is 0. The molecule has 0 radical (unpaired) electrons. The maximum absolute atomic E-state index is 5.58. The third-order valence-corrected chi connectivity index (χ3v) is 2.20. The van der Waals surface area contributed by atoms with Crippen molar-refractivity contribution in [1.82, 2.24) is 0 Å². The molecule has 1 rings (SSSR count). The first-order chi connectivity index (χ1) is 6.69. The first kappa shape index (κ1) is 10.8. The van der Waals surface area contributed by atoms with Crippen molar-refractivity contribution < 1.29 is 4.74 Å². The Labute approximate surface area is 85.4 Å². The fraction of sp³-hybridized carbons (Fsp3) is 0.333. The molecule has 0 heterocycles. The van der Waals surface area contributed by atoms with Crippen LogP contribution in [0.5, 0.6) is 0 Å². The fourth-order valence-corrected chi connectivity index (χ4v) is 1.36. The van der Waals surface area contributed by atoms with Gasteiger partial charge in [-0.05, 0) is 31.0 Å². The van der Waals surface area contributed by atoms with Crippen molar-refractivity contribution in [3.63, 3.8) is 0 Å². The summed E-state index contributed by atoms with van der Waals surface area (Å²) in [5.74, 6) is 0.721. The lowest BCUT2D eigenvalue weighted by Gasteiger charge is -2.09. The predicted octanol–water partition coefficient (Wildman–Crippen LogP) is 2.46. The quantitative estimate of drug-likeness (QED) is 0.742. The molecule has 0 aromatic heterocycles. The van der Waals surface area contributed by atoms with E-state index in [9.17, 15) is 0 Å². The average molecular weight is 191 g/mol. The first-order valence-corrected chi connectivity index (χ1v) is 4.80. The fourth-order valence-electron chi connectivity index (χ4n) is 1.36. The highest BCUT2D eigenvalue weighted by atomic mass is 16.5. The molecule has 0 aliphatic carbocycles. The molecule has 0 amide bonds. The first-order valence-electron chi connectivity index (χ1n) is 4.80. The van der Waals surface area contributed by atoms with E-state index in [2.05, 4.69) is 12.6 Å². The van der Waals surface area contributed by atoms with Crippen molar-refractivity contribution >= 4 is 5.76 Å². The van der Waals surface area contributed by atoms with E-state index < -0.39 is 0 Å². The van der Waals surface area contributed by atoms with E-state index >= 15 is 0 Å². The molecular weight excluding hydrogens is 174 g/mol.